The molecule has 0 amide bonds. The number of morpholine rings is 1. The standard InChI is InChI=1S/C13H22N6OS/c1-21-13-15-11(17-14)8-12(16-13)19-3-2-10(9-19)18-4-6-20-7-5-18/h8,10H,2-7,9,14H2,1H3,(H,15,16,17). The Hall–Kier alpha value is -1.09. The van der Waals surface area contributed by atoms with Crippen molar-refractivity contribution in [2.45, 2.75) is 17.6 Å². The van der Waals surface area contributed by atoms with Gasteiger partial charge in [-0.1, -0.05) is 11.8 Å². The minimum absolute atomic E-state index is 0.593. The van der Waals surface area contributed by atoms with Crippen LogP contribution in [-0.4, -0.2) is 66.6 Å². The Morgan fingerprint density at radius 1 is 1.33 bits per heavy atom. The predicted molar refractivity (Wildman–Crippen MR) is 84.6 cm³/mol. The fraction of sp³-hybridized carbons (Fsp3) is 0.692. The highest BCUT2D eigenvalue weighted by molar-refractivity contribution is 7.98. The molecule has 3 heterocycles. The second-order valence-corrected chi connectivity index (χ2v) is 6.05. The molecule has 0 aromatic carbocycles. The lowest BCUT2D eigenvalue weighted by molar-refractivity contribution is 0.0209. The van der Waals surface area contributed by atoms with Crippen LogP contribution in [0.4, 0.5) is 11.6 Å². The van der Waals surface area contributed by atoms with E-state index in [0.717, 1.165) is 50.4 Å². The van der Waals surface area contributed by atoms with Gasteiger partial charge in [0.1, 0.15) is 11.6 Å². The normalized spacial score (nSPS) is 23.5. The van der Waals surface area contributed by atoms with Crippen LogP contribution in [0.2, 0.25) is 0 Å². The first kappa shape index (κ1) is 14.8. The molecular weight excluding hydrogens is 288 g/mol. The molecule has 1 aromatic heterocycles. The van der Waals surface area contributed by atoms with E-state index in [4.69, 9.17) is 10.6 Å². The van der Waals surface area contributed by atoms with Gasteiger partial charge in [0.25, 0.3) is 0 Å². The van der Waals surface area contributed by atoms with Crippen molar-refractivity contribution in [3.8, 4) is 0 Å². The number of rotatable bonds is 4. The van der Waals surface area contributed by atoms with Gasteiger partial charge in [-0.2, -0.15) is 0 Å². The van der Waals surface area contributed by atoms with E-state index in [1.54, 1.807) is 0 Å². The van der Waals surface area contributed by atoms with Gasteiger partial charge in [-0.3, -0.25) is 4.90 Å². The molecule has 116 valence electrons. The van der Waals surface area contributed by atoms with Crippen LogP contribution in [-0.2, 0) is 4.74 Å². The number of nitrogen functional groups attached to an aromatic ring is 1. The molecule has 0 radical (unpaired) electrons. The summed E-state index contributed by atoms with van der Waals surface area (Å²) in [4.78, 5) is 13.8. The fourth-order valence-corrected chi connectivity index (χ4v) is 3.31. The maximum Gasteiger partial charge on any atom is 0.191 e. The molecule has 2 saturated heterocycles. The van der Waals surface area contributed by atoms with Gasteiger partial charge in [-0.25, -0.2) is 15.8 Å². The average Bonchev–Trinajstić information content (AvgIpc) is 3.05. The van der Waals surface area contributed by atoms with Gasteiger partial charge >= 0.3 is 0 Å². The zero-order valence-corrected chi connectivity index (χ0v) is 13.1. The molecule has 7 nitrogen and oxygen atoms in total. The van der Waals surface area contributed by atoms with Crippen molar-refractivity contribution in [2.75, 3.05) is 56.0 Å². The summed E-state index contributed by atoms with van der Waals surface area (Å²) >= 11 is 1.53. The molecular formula is C13H22N6OS. The Labute approximate surface area is 129 Å². The Balaban J connectivity index is 1.70. The molecule has 0 saturated carbocycles. The third-order valence-electron chi connectivity index (χ3n) is 4.07. The summed E-state index contributed by atoms with van der Waals surface area (Å²) < 4.78 is 5.43. The maximum atomic E-state index is 5.50. The summed E-state index contributed by atoms with van der Waals surface area (Å²) in [5.41, 5.74) is 2.62. The second kappa shape index (κ2) is 6.78. The molecule has 1 aromatic rings. The van der Waals surface area contributed by atoms with Gasteiger partial charge in [-0.05, 0) is 12.7 Å². The minimum atomic E-state index is 0.593. The topological polar surface area (TPSA) is 79.5 Å². The molecule has 3 N–H and O–H groups in total. The van der Waals surface area contributed by atoms with E-state index < -0.39 is 0 Å². The zero-order chi connectivity index (χ0) is 14.7. The highest BCUT2D eigenvalue weighted by Gasteiger charge is 2.29. The van der Waals surface area contributed by atoms with Crippen molar-refractivity contribution in [2.24, 2.45) is 5.84 Å². The van der Waals surface area contributed by atoms with Gasteiger partial charge in [0.2, 0.25) is 0 Å². The van der Waals surface area contributed by atoms with Crippen LogP contribution >= 0.6 is 11.8 Å². The van der Waals surface area contributed by atoms with Gasteiger partial charge in [-0.15, -0.1) is 0 Å². The lowest BCUT2D eigenvalue weighted by Gasteiger charge is -2.32. The highest BCUT2D eigenvalue weighted by atomic mass is 32.2. The van der Waals surface area contributed by atoms with Gasteiger partial charge in [0.05, 0.1) is 13.2 Å². The Morgan fingerprint density at radius 2 is 2.14 bits per heavy atom. The Morgan fingerprint density at radius 3 is 2.86 bits per heavy atom. The van der Waals surface area contributed by atoms with Gasteiger partial charge < -0.3 is 15.1 Å². The number of aromatic nitrogens is 2. The second-order valence-electron chi connectivity index (χ2n) is 5.28. The largest absolute Gasteiger partial charge is 0.379 e. The van der Waals surface area contributed by atoms with E-state index in [0.29, 0.717) is 11.9 Å². The smallest absolute Gasteiger partial charge is 0.191 e. The van der Waals surface area contributed by atoms with Crippen molar-refractivity contribution in [3.05, 3.63) is 6.07 Å². The van der Waals surface area contributed by atoms with Crippen molar-refractivity contribution in [3.63, 3.8) is 0 Å². The number of hydrogen-bond donors (Lipinski definition) is 2. The molecule has 21 heavy (non-hydrogen) atoms. The number of thioether (sulfide) groups is 1. The van der Waals surface area contributed by atoms with Gasteiger partial charge in [0, 0.05) is 38.3 Å². The molecule has 2 aliphatic rings. The van der Waals surface area contributed by atoms with E-state index >= 15 is 0 Å². The summed E-state index contributed by atoms with van der Waals surface area (Å²) in [6.07, 6.45) is 3.14. The van der Waals surface area contributed by atoms with Crippen LogP contribution < -0.4 is 16.2 Å². The number of nitrogens with two attached hydrogens (primary N) is 1. The summed E-state index contributed by atoms with van der Waals surface area (Å²) in [5.74, 6) is 7.12. The summed E-state index contributed by atoms with van der Waals surface area (Å²) in [6, 6.07) is 2.51. The molecule has 0 spiro atoms. The molecule has 1 unspecified atom stereocenters. The Bertz CT molecular complexity index is 459. The third-order valence-corrected chi connectivity index (χ3v) is 4.62. The molecule has 2 fully saturated rings. The van der Waals surface area contributed by atoms with E-state index in [1.165, 1.54) is 18.2 Å². The number of anilines is 2. The van der Waals surface area contributed by atoms with Crippen LogP contribution in [0.3, 0.4) is 0 Å². The number of hydrazine groups is 1. The number of nitrogens with zero attached hydrogens (tertiary/aromatic N) is 4. The molecule has 1 atom stereocenters. The first-order chi connectivity index (χ1) is 10.3. The molecule has 3 rings (SSSR count). The number of hydrogen-bond acceptors (Lipinski definition) is 8. The first-order valence-electron chi connectivity index (χ1n) is 7.26. The van der Waals surface area contributed by atoms with Crippen LogP contribution in [0.1, 0.15) is 6.42 Å². The monoisotopic (exact) mass is 310 g/mol. The van der Waals surface area contributed by atoms with Crippen molar-refractivity contribution in [1.29, 1.82) is 0 Å². The highest BCUT2D eigenvalue weighted by Crippen LogP contribution is 2.25. The van der Waals surface area contributed by atoms with E-state index in [-0.39, 0.29) is 0 Å². The molecule has 8 heteroatoms. The summed E-state index contributed by atoms with van der Waals surface area (Å²) in [6.45, 7) is 5.80. The molecule has 2 aliphatic heterocycles. The number of ether oxygens (including phenoxy) is 1. The molecule has 0 aliphatic carbocycles. The summed E-state index contributed by atoms with van der Waals surface area (Å²) in [5, 5.41) is 0.746. The lowest BCUT2D eigenvalue weighted by Crippen LogP contribution is -2.44. The van der Waals surface area contributed by atoms with E-state index in [1.807, 2.05) is 12.3 Å². The third kappa shape index (κ3) is 3.39. The predicted octanol–water partition coefficient (Wildman–Crippen LogP) is 0.395. The fourth-order valence-electron chi connectivity index (χ4n) is 2.93. The number of nitrogens with one attached hydrogen (secondary N) is 1. The van der Waals surface area contributed by atoms with Crippen LogP contribution in [0.5, 0.6) is 0 Å². The molecule has 0 bridgehead atoms. The van der Waals surface area contributed by atoms with Gasteiger partial charge in [0.15, 0.2) is 5.16 Å². The SMILES string of the molecule is CSc1nc(NN)cc(N2CCC(N3CCOCC3)C2)n1. The zero-order valence-electron chi connectivity index (χ0n) is 12.3. The maximum absolute atomic E-state index is 5.50. The quantitative estimate of drug-likeness (QED) is 0.358. The summed E-state index contributed by atoms with van der Waals surface area (Å²) in [7, 11) is 0. The van der Waals surface area contributed by atoms with E-state index in [2.05, 4.69) is 25.2 Å². The lowest BCUT2D eigenvalue weighted by atomic mass is 10.2. The first-order valence-corrected chi connectivity index (χ1v) is 8.49. The van der Waals surface area contributed by atoms with Crippen molar-refractivity contribution < 1.29 is 4.74 Å². The van der Waals surface area contributed by atoms with Crippen LogP contribution in [0, 0.1) is 0 Å². The van der Waals surface area contributed by atoms with Crippen molar-refractivity contribution >= 4 is 23.4 Å². The average molecular weight is 310 g/mol. The Kier molecular flexibility index (Phi) is 4.79. The van der Waals surface area contributed by atoms with Crippen LogP contribution in [0.15, 0.2) is 11.2 Å². The van der Waals surface area contributed by atoms with Crippen molar-refractivity contribution in [1.82, 2.24) is 14.9 Å². The van der Waals surface area contributed by atoms with E-state index in [9.17, 15) is 0 Å². The minimum Gasteiger partial charge on any atom is -0.379 e. The van der Waals surface area contributed by atoms with Crippen LogP contribution in [0.25, 0.3) is 0 Å².